The lowest BCUT2D eigenvalue weighted by molar-refractivity contribution is 0.653. The molecule has 1 aromatic rings. The Hall–Kier alpha value is -1.68. The van der Waals surface area contributed by atoms with Crippen LogP contribution in [0.5, 0.6) is 0 Å². The highest BCUT2D eigenvalue weighted by atomic mass is 32.2. The molecule has 0 spiro atoms. The van der Waals surface area contributed by atoms with Crippen LogP contribution in [0.2, 0.25) is 0 Å². The van der Waals surface area contributed by atoms with Gasteiger partial charge in [-0.05, 0) is 18.6 Å². The van der Waals surface area contributed by atoms with Gasteiger partial charge in [-0.15, -0.1) is 0 Å². The quantitative estimate of drug-likeness (QED) is 0.832. The van der Waals surface area contributed by atoms with E-state index in [0.29, 0.717) is 11.1 Å². The molecular formula is C15H22N4O2S. The van der Waals surface area contributed by atoms with Crippen LogP contribution in [0.15, 0.2) is 9.59 Å². The van der Waals surface area contributed by atoms with Crippen molar-refractivity contribution < 1.29 is 0 Å². The molecule has 0 saturated carbocycles. The fourth-order valence-corrected chi connectivity index (χ4v) is 4.06. The lowest BCUT2D eigenvalue weighted by Gasteiger charge is -2.28. The molecule has 0 aliphatic carbocycles. The number of anilines is 1. The van der Waals surface area contributed by atoms with Crippen molar-refractivity contribution in [1.82, 2.24) is 9.13 Å². The number of aromatic nitrogens is 2. The van der Waals surface area contributed by atoms with E-state index in [9.17, 15) is 14.9 Å². The molecule has 2 rings (SSSR count). The number of thioether (sulfide) groups is 1. The van der Waals surface area contributed by atoms with Crippen molar-refractivity contribution in [2.75, 3.05) is 23.7 Å². The Bertz CT molecular complexity index is 701. The second kappa shape index (κ2) is 7.05. The average molecular weight is 322 g/mol. The van der Waals surface area contributed by atoms with Crippen LogP contribution in [0.25, 0.3) is 0 Å². The number of nitrogens with zero attached hydrogens (tertiary/aromatic N) is 4. The van der Waals surface area contributed by atoms with Crippen LogP contribution in [0.4, 0.5) is 5.82 Å². The van der Waals surface area contributed by atoms with Crippen LogP contribution in [0.1, 0.15) is 31.7 Å². The highest BCUT2D eigenvalue weighted by molar-refractivity contribution is 7.99. The van der Waals surface area contributed by atoms with E-state index in [1.807, 2.05) is 22.7 Å². The number of hydrogen-bond acceptors (Lipinski definition) is 5. The van der Waals surface area contributed by atoms with Crippen molar-refractivity contribution in [3.63, 3.8) is 0 Å². The molecule has 1 saturated heterocycles. The summed E-state index contributed by atoms with van der Waals surface area (Å²) in [6, 6.07) is 2.00. The van der Waals surface area contributed by atoms with Gasteiger partial charge in [0, 0.05) is 32.4 Å². The topological polar surface area (TPSA) is 71.0 Å². The predicted molar refractivity (Wildman–Crippen MR) is 89.6 cm³/mol. The molecule has 7 heteroatoms. The van der Waals surface area contributed by atoms with Crippen molar-refractivity contribution in [3.05, 3.63) is 26.4 Å². The Morgan fingerprint density at radius 1 is 1.27 bits per heavy atom. The van der Waals surface area contributed by atoms with Crippen LogP contribution < -0.4 is 16.1 Å². The van der Waals surface area contributed by atoms with Crippen LogP contribution in [0.3, 0.4) is 0 Å². The van der Waals surface area contributed by atoms with Crippen LogP contribution >= 0.6 is 11.8 Å². The molecule has 0 amide bonds. The highest BCUT2D eigenvalue weighted by Crippen LogP contribution is 2.26. The Labute approximate surface area is 134 Å². The summed E-state index contributed by atoms with van der Waals surface area (Å²) < 4.78 is 2.43. The van der Waals surface area contributed by atoms with Gasteiger partial charge in [0.15, 0.2) is 5.56 Å². The van der Waals surface area contributed by atoms with E-state index in [1.165, 1.54) is 11.6 Å². The minimum absolute atomic E-state index is 0.0618. The van der Waals surface area contributed by atoms with Crippen LogP contribution in [0, 0.1) is 11.3 Å². The summed E-state index contributed by atoms with van der Waals surface area (Å²) in [7, 11) is 3.04. The Kier molecular flexibility index (Phi) is 5.35. The Balaban J connectivity index is 2.53. The number of nitriles is 1. The average Bonchev–Trinajstić information content (AvgIpc) is 2.74. The monoisotopic (exact) mass is 322 g/mol. The molecule has 1 aromatic heterocycles. The summed E-state index contributed by atoms with van der Waals surface area (Å²) in [6.45, 7) is 3.68. The van der Waals surface area contributed by atoms with Gasteiger partial charge in [-0.2, -0.15) is 17.0 Å². The third-order valence-corrected chi connectivity index (χ3v) is 5.27. The van der Waals surface area contributed by atoms with Crippen LogP contribution in [-0.2, 0) is 14.1 Å². The lowest BCUT2D eigenvalue weighted by Crippen LogP contribution is -2.43. The second-order valence-electron chi connectivity index (χ2n) is 5.54. The van der Waals surface area contributed by atoms with Crippen molar-refractivity contribution in [2.24, 2.45) is 14.1 Å². The molecule has 0 aromatic carbocycles. The first-order valence-corrected chi connectivity index (χ1v) is 8.62. The van der Waals surface area contributed by atoms with Crippen LogP contribution in [-0.4, -0.2) is 33.2 Å². The second-order valence-corrected chi connectivity index (χ2v) is 7.11. The first-order chi connectivity index (χ1) is 10.5. The normalized spacial score (nSPS) is 18.8. The molecule has 2 heterocycles. The zero-order valence-corrected chi connectivity index (χ0v) is 14.2. The molecule has 1 aliphatic heterocycles. The molecule has 0 radical (unpaired) electrons. The van der Waals surface area contributed by atoms with E-state index in [2.05, 4.69) is 6.92 Å². The zero-order valence-electron chi connectivity index (χ0n) is 13.3. The molecule has 1 unspecified atom stereocenters. The van der Waals surface area contributed by atoms with Gasteiger partial charge in [0.25, 0.3) is 5.56 Å². The largest absolute Gasteiger partial charge is 0.356 e. The van der Waals surface area contributed by atoms with Crippen molar-refractivity contribution in [2.45, 2.75) is 31.4 Å². The summed E-state index contributed by atoms with van der Waals surface area (Å²) in [5.74, 6) is 1.51. The maximum atomic E-state index is 12.2. The molecule has 0 N–H and O–H groups in total. The van der Waals surface area contributed by atoms with Crippen molar-refractivity contribution >= 4 is 17.6 Å². The molecule has 1 aliphatic rings. The summed E-state index contributed by atoms with van der Waals surface area (Å²) in [5.41, 5.74) is -0.834. The van der Waals surface area contributed by atoms with E-state index in [4.69, 9.17) is 0 Å². The third kappa shape index (κ3) is 3.07. The molecule has 22 heavy (non-hydrogen) atoms. The van der Waals surface area contributed by atoms with Gasteiger partial charge in [-0.1, -0.05) is 13.3 Å². The van der Waals surface area contributed by atoms with Gasteiger partial charge < -0.3 is 4.90 Å². The zero-order chi connectivity index (χ0) is 16.3. The summed E-state index contributed by atoms with van der Waals surface area (Å²) in [6.07, 6.45) is 3.28. The van der Waals surface area contributed by atoms with E-state index in [1.54, 1.807) is 7.05 Å². The van der Waals surface area contributed by atoms with Crippen molar-refractivity contribution in [1.29, 1.82) is 5.26 Å². The maximum absolute atomic E-state index is 12.2. The van der Waals surface area contributed by atoms with Gasteiger partial charge in [-0.3, -0.25) is 13.9 Å². The van der Waals surface area contributed by atoms with Gasteiger partial charge in [-0.25, -0.2) is 4.79 Å². The first-order valence-electron chi connectivity index (χ1n) is 7.57. The Morgan fingerprint density at radius 2 is 2.00 bits per heavy atom. The number of hydrogen-bond donors (Lipinski definition) is 0. The fourth-order valence-electron chi connectivity index (χ4n) is 2.97. The molecule has 120 valence electrons. The predicted octanol–water partition coefficient (Wildman–Crippen LogP) is 1.07. The van der Waals surface area contributed by atoms with Gasteiger partial charge in [0.2, 0.25) is 0 Å². The van der Waals surface area contributed by atoms with Gasteiger partial charge in [0.1, 0.15) is 11.9 Å². The fraction of sp³-hybridized carbons (Fsp3) is 0.667. The standard InChI is InChI=1S/C15H22N4O2S/c1-4-22-11-7-5-6-8-19(10-11)13-12(9-16)14(20)18(3)15(21)17(13)2/h11H,4-8,10H2,1-3H3. The minimum Gasteiger partial charge on any atom is -0.356 e. The minimum atomic E-state index is -0.510. The highest BCUT2D eigenvalue weighted by Gasteiger charge is 2.25. The van der Waals surface area contributed by atoms with Gasteiger partial charge in [0.05, 0.1) is 0 Å². The maximum Gasteiger partial charge on any atom is 0.332 e. The molecule has 6 nitrogen and oxygen atoms in total. The van der Waals surface area contributed by atoms with E-state index < -0.39 is 5.56 Å². The third-order valence-electron chi connectivity index (χ3n) is 4.08. The number of rotatable bonds is 3. The summed E-state index contributed by atoms with van der Waals surface area (Å²) in [4.78, 5) is 26.5. The molecule has 1 atom stereocenters. The molecule has 1 fully saturated rings. The van der Waals surface area contributed by atoms with E-state index >= 15 is 0 Å². The van der Waals surface area contributed by atoms with Gasteiger partial charge >= 0.3 is 5.69 Å². The summed E-state index contributed by atoms with van der Waals surface area (Å²) in [5, 5.41) is 9.87. The molecular weight excluding hydrogens is 300 g/mol. The van der Waals surface area contributed by atoms with E-state index in [0.717, 1.165) is 42.7 Å². The first kappa shape index (κ1) is 16.7. The van der Waals surface area contributed by atoms with Crippen molar-refractivity contribution in [3.8, 4) is 6.07 Å². The lowest BCUT2D eigenvalue weighted by atomic mass is 10.2. The SMILES string of the molecule is CCSC1CCCCN(c2c(C#N)c(=O)n(C)c(=O)n2C)C1. The summed E-state index contributed by atoms with van der Waals surface area (Å²) >= 11 is 1.90. The Morgan fingerprint density at radius 3 is 2.64 bits per heavy atom. The van der Waals surface area contributed by atoms with E-state index in [-0.39, 0.29) is 11.3 Å². The smallest absolute Gasteiger partial charge is 0.332 e. The molecule has 0 bridgehead atoms.